The second-order valence-corrected chi connectivity index (χ2v) is 7.54. The summed E-state index contributed by atoms with van der Waals surface area (Å²) >= 11 is 4.44. The molecule has 0 aliphatic rings. The predicted molar refractivity (Wildman–Crippen MR) is 85.2 cm³/mol. The lowest BCUT2D eigenvalue weighted by molar-refractivity contribution is 0.397. The maximum atomic E-state index is 12.2. The van der Waals surface area contributed by atoms with Crippen molar-refractivity contribution in [3.8, 4) is 5.88 Å². The number of hydrogen-bond donors (Lipinski definition) is 0. The molecule has 0 fully saturated rings. The fourth-order valence-corrected chi connectivity index (χ4v) is 2.27. The second kappa shape index (κ2) is 7.86. The van der Waals surface area contributed by atoms with Gasteiger partial charge in [-0.25, -0.2) is 4.98 Å². The largest absolute Gasteiger partial charge is 0.591 e. The molecule has 1 atom stereocenters. The highest BCUT2D eigenvalue weighted by Crippen LogP contribution is 2.23. The summed E-state index contributed by atoms with van der Waals surface area (Å²) < 4.78 is 21.5. The van der Waals surface area contributed by atoms with Gasteiger partial charge in [0.05, 0.1) is 12.7 Å². The minimum Gasteiger partial charge on any atom is -0.591 e. The van der Waals surface area contributed by atoms with E-state index in [0.717, 1.165) is 17.7 Å². The summed E-state index contributed by atoms with van der Waals surface area (Å²) in [6, 6.07) is 3.69. The van der Waals surface area contributed by atoms with Crippen LogP contribution < -0.4 is 4.74 Å². The molecule has 0 saturated heterocycles. The van der Waals surface area contributed by atoms with Crippen LogP contribution in [-0.4, -0.2) is 33.0 Å². The van der Waals surface area contributed by atoms with Gasteiger partial charge in [0, 0.05) is 12.1 Å². The lowest BCUT2D eigenvalue weighted by Gasteiger charge is -2.19. The van der Waals surface area contributed by atoms with Crippen molar-refractivity contribution in [1.82, 2.24) is 4.98 Å². The summed E-state index contributed by atoms with van der Waals surface area (Å²) in [6.45, 7) is 5.69. The first-order valence-electron chi connectivity index (χ1n) is 6.45. The van der Waals surface area contributed by atoms with Crippen LogP contribution in [0.1, 0.15) is 39.2 Å². The van der Waals surface area contributed by atoms with E-state index in [4.69, 9.17) is 16.3 Å². The Morgan fingerprint density at radius 3 is 2.75 bits per heavy atom. The number of ether oxygens (including phenoxy) is 1. The van der Waals surface area contributed by atoms with Crippen molar-refractivity contribution < 1.29 is 9.29 Å². The van der Waals surface area contributed by atoms with Crippen molar-refractivity contribution in [3.05, 3.63) is 23.9 Å². The first kappa shape index (κ1) is 17.3. The van der Waals surface area contributed by atoms with Gasteiger partial charge in [0.1, 0.15) is 21.8 Å². The van der Waals surface area contributed by atoms with Gasteiger partial charge in [-0.1, -0.05) is 4.40 Å². The van der Waals surface area contributed by atoms with Crippen molar-refractivity contribution in [2.75, 3.05) is 13.0 Å². The highest BCUT2D eigenvalue weighted by molar-refractivity contribution is 7.91. The molecule has 0 aliphatic heterocycles. The van der Waals surface area contributed by atoms with Crippen LogP contribution in [0.4, 0.5) is 0 Å². The number of halogens is 1. The summed E-state index contributed by atoms with van der Waals surface area (Å²) in [5.41, 5.74) is 1.50. The summed E-state index contributed by atoms with van der Waals surface area (Å²) in [4.78, 5) is 4.16. The molecular formula is C14H21ClN2O2S. The number of aromatic nitrogens is 1. The molecule has 0 unspecified atom stereocenters. The molecule has 0 N–H and O–H groups in total. The van der Waals surface area contributed by atoms with E-state index in [1.807, 2.05) is 32.9 Å². The van der Waals surface area contributed by atoms with E-state index in [1.165, 1.54) is 0 Å². The molecular weight excluding hydrogens is 296 g/mol. The highest BCUT2D eigenvalue weighted by Gasteiger charge is 2.28. The quantitative estimate of drug-likeness (QED) is 0.459. The van der Waals surface area contributed by atoms with Crippen molar-refractivity contribution >= 4 is 28.7 Å². The van der Waals surface area contributed by atoms with Gasteiger partial charge in [-0.3, -0.25) is 0 Å². The molecule has 1 rings (SSSR count). The van der Waals surface area contributed by atoms with E-state index in [0.29, 0.717) is 18.2 Å². The van der Waals surface area contributed by atoms with Crippen LogP contribution in [0.15, 0.2) is 22.7 Å². The lowest BCUT2D eigenvalue weighted by Crippen LogP contribution is -2.27. The lowest BCUT2D eigenvalue weighted by atomic mass is 10.1. The summed E-state index contributed by atoms with van der Waals surface area (Å²) in [7, 11) is 1.56. The zero-order valence-corrected chi connectivity index (χ0v) is 13.9. The van der Waals surface area contributed by atoms with Gasteiger partial charge in [-0.2, -0.15) is 0 Å². The van der Waals surface area contributed by atoms with Crippen LogP contribution in [0, 0.1) is 0 Å². The maximum absolute atomic E-state index is 12.2. The molecule has 0 amide bonds. The molecule has 20 heavy (non-hydrogen) atoms. The molecule has 1 heterocycles. The minimum absolute atomic E-state index is 0.401. The predicted octanol–water partition coefficient (Wildman–Crippen LogP) is 3.36. The number of nitrogens with zero attached hydrogens (tertiary/aromatic N) is 2. The smallest absolute Gasteiger partial charge is 0.222 e. The number of pyridine rings is 1. The number of alkyl halides is 1. The Kier molecular flexibility index (Phi) is 6.79. The zero-order chi connectivity index (χ0) is 15.2. The van der Waals surface area contributed by atoms with E-state index in [-0.39, 0.29) is 0 Å². The van der Waals surface area contributed by atoms with Gasteiger partial charge in [-0.05, 0) is 45.7 Å². The Balaban J connectivity index is 3.15. The monoisotopic (exact) mass is 316 g/mol. The van der Waals surface area contributed by atoms with E-state index < -0.39 is 16.1 Å². The standard InChI is InChI=1S/C14H21ClN2O2S/c1-14(2,3)20(18)17-12(8-5-9-15)11-7-6-10-16-13(11)19-4/h6-7,10H,5,8-9H2,1-4H3/b17-12+/t20-/m0/s1. The maximum Gasteiger partial charge on any atom is 0.222 e. The summed E-state index contributed by atoms with van der Waals surface area (Å²) in [5.74, 6) is 1.02. The molecule has 112 valence electrons. The van der Waals surface area contributed by atoms with Crippen LogP contribution in [-0.2, 0) is 11.4 Å². The van der Waals surface area contributed by atoms with Crippen molar-refractivity contribution in [2.24, 2.45) is 4.40 Å². The Morgan fingerprint density at radius 1 is 1.50 bits per heavy atom. The van der Waals surface area contributed by atoms with E-state index in [1.54, 1.807) is 13.3 Å². The van der Waals surface area contributed by atoms with Gasteiger partial charge in [-0.15, -0.1) is 11.6 Å². The fraction of sp³-hybridized carbons (Fsp3) is 0.571. The zero-order valence-electron chi connectivity index (χ0n) is 12.4. The first-order valence-corrected chi connectivity index (χ1v) is 8.09. The third kappa shape index (κ3) is 4.96. The van der Waals surface area contributed by atoms with E-state index >= 15 is 0 Å². The Hall–Kier alpha value is -0.780. The highest BCUT2D eigenvalue weighted by atomic mass is 35.5. The van der Waals surface area contributed by atoms with Gasteiger partial charge in [0.25, 0.3) is 0 Å². The molecule has 0 aromatic carbocycles. The van der Waals surface area contributed by atoms with E-state index in [9.17, 15) is 4.55 Å². The van der Waals surface area contributed by atoms with Crippen LogP contribution in [0.2, 0.25) is 0 Å². The van der Waals surface area contributed by atoms with Gasteiger partial charge in [0.15, 0.2) is 0 Å². The molecule has 0 aliphatic carbocycles. The van der Waals surface area contributed by atoms with Gasteiger partial charge >= 0.3 is 0 Å². The Morgan fingerprint density at radius 2 is 2.20 bits per heavy atom. The molecule has 1 aromatic heterocycles. The first-order chi connectivity index (χ1) is 9.40. The molecule has 6 heteroatoms. The third-order valence-electron chi connectivity index (χ3n) is 2.54. The van der Waals surface area contributed by atoms with Crippen LogP contribution in [0.5, 0.6) is 5.88 Å². The Bertz CT molecular complexity index is 461. The van der Waals surface area contributed by atoms with Gasteiger partial charge < -0.3 is 9.29 Å². The van der Waals surface area contributed by atoms with Crippen LogP contribution in [0.25, 0.3) is 0 Å². The molecule has 0 spiro atoms. The average Bonchev–Trinajstić information content (AvgIpc) is 2.42. The number of rotatable bonds is 6. The van der Waals surface area contributed by atoms with Crippen LogP contribution >= 0.6 is 11.6 Å². The van der Waals surface area contributed by atoms with Crippen LogP contribution in [0.3, 0.4) is 0 Å². The van der Waals surface area contributed by atoms with Crippen molar-refractivity contribution in [1.29, 1.82) is 0 Å². The number of hydrogen-bond acceptors (Lipinski definition) is 4. The summed E-state index contributed by atoms with van der Waals surface area (Å²) in [6.07, 6.45) is 3.06. The molecule has 0 bridgehead atoms. The third-order valence-corrected chi connectivity index (χ3v) is 4.24. The normalized spacial score (nSPS) is 14.2. The van der Waals surface area contributed by atoms with Gasteiger partial charge in [0.2, 0.25) is 5.88 Å². The number of methoxy groups -OCH3 is 1. The summed E-state index contributed by atoms with van der Waals surface area (Å²) in [5, 5.41) is 0. The Labute approximate surface area is 128 Å². The van der Waals surface area contributed by atoms with E-state index in [2.05, 4.69) is 9.38 Å². The van der Waals surface area contributed by atoms with Crippen molar-refractivity contribution in [2.45, 2.75) is 38.4 Å². The fourth-order valence-electron chi connectivity index (χ4n) is 1.47. The minimum atomic E-state index is -1.32. The average molecular weight is 317 g/mol. The molecule has 0 radical (unpaired) electrons. The molecule has 4 nitrogen and oxygen atoms in total. The van der Waals surface area contributed by atoms with Crippen molar-refractivity contribution in [3.63, 3.8) is 0 Å². The molecule has 0 saturated carbocycles. The topological polar surface area (TPSA) is 57.5 Å². The second-order valence-electron chi connectivity index (χ2n) is 5.25. The SMILES string of the molecule is COc1ncccc1/C(CCCCl)=N/[S@@+]([O-])C(C)(C)C. The molecule has 1 aromatic rings.